The largest absolute Gasteiger partial charge is 0.326 e. The van der Waals surface area contributed by atoms with Crippen molar-refractivity contribution in [3.63, 3.8) is 0 Å². The van der Waals surface area contributed by atoms with E-state index in [9.17, 15) is 0 Å². The second-order valence-corrected chi connectivity index (χ2v) is 6.14. The third-order valence-electron chi connectivity index (χ3n) is 3.85. The van der Waals surface area contributed by atoms with Crippen LogP contribution in [0.3, 0.4) is 0 Å². The van der Waals surface area contributed by atoms with Crippen LogP contribution in [0, 0.1) is 6.92 Å². The number of imidazole rings is 1. The van der Waals surface area contributed by atoms with Crippen LogP contribution in [0.5, 0.6) is 0 Å². The van der Waals surface area contributed by atoms with Gasteiger partial charge in [0.1, 0.15) is 0 Å². The summed E-state index contributed by atoms with van der Waals surface area (Å²) < 4.78 is 3.51. The van der Waals surface area contributed by atoms with Crippen molar-refractivity contribution in [1.29, 1.82) is 0 Å². The van der Waals surface area contributed by atoms with E-state index >= 15 is 0 Å². The Morgan fingerprint density at radius 2 is 1.86 bits per heavy atom. The van der Waals surface area contributed by atoms with Crippen LogP contribution in [0.4, 0.5) is 0 Å². The van der Waals surface area contributed by atoms with Gasteiger partial charge < -0.3 is 5.73 Å². The van der Waals surface area contributed by atoms with Crippen LogP contribution in [0.25, 0.3) is 26.4 Å². The van der Waals surface area contributed by atoms with Gasteiger partial charge in [-0.2, -0.15) is 0 Å². The molecule has 0 radical (unpaired) electrons. The predicted octanol–water partition coefficient (Wildman–Crippen LogP) is 3.98. The number of rotatable bonds is 2. The normalized spacial score (nSPS) is 11.5. The molecule has 0 fully saturated rings. The highest BCUT2D eigenvalue weighted by Crippen LogP contribution is 2.32. The summed E-state index contributed by atoms with van der Waals surface area (Å²) in [6.45, 7) is 2.70. The number of nitrogens with two attached hydrogens (primary N) is 1. The van der Waals surface area contributed by atoms with E-state index in [1.54, 1.807) is 11.3 Å². The first kappa shape index (κ1) is 12.6. The summed E-state index contributed by atoms with van der Waals surface area (Å²) in [7, 11) is 0. The Balaban J connectivity index is 1.94. The number of hydrogen-bond donors (Lipinski definition) is 1. The Labute approximate surface area is 126 Å². The third-order valence-corrected chi connectivity index (χ3v) is 4.87. The lowest BCUT2D eigenvalue weighted by Crippen LogP contribution is -1.95. The second-order valence-electron chi connectivity index (χ2n) is 5.13. The maximum absolute atomic E-state index is 5.66. The number of aryl methyl sites for hydroxylation is 1. The summed E-state index contributed by atoms with van der Waals surface area (Å²) in [5, 5.41) is 0. The van der Waals surface area contributed by atoms with Crippen molar-refractivity contribution in [1.82, 2.24) is 9.38 Å². The van der Waals surface area contributed by atoms with Gasteiger partial charge >= 0.3 is 0 Å². The van der Waals surface area contributed by atoms with Gasteiger partial charge in [-0.3, -0.25) is 4.40 Å². The Morgan fingerprint density at radius 1 is 1.10 bits per heavy atom. The molecular formula is C17H15N3S. The van der Waals surface area contributed by atoms with Crippen LogP contribution in [-0.2, 0) is 6.54 Å². The Hall–Kier alpha value is -2.17. The van der Waals surface area contributed by atoms with E-state index in [1.807, 2.05) is 0 Å². The molecule has 0 aliphatic heterocycles. The minimum Gasteiger partial charge on any atom is -0.326 e. The van der Waals surface area contributed by atoms with E-state index in [0.717, 1.165) is 21.8 Å². The standard InChI is InChI=1S/C17H15N3S/c1-11-16(13-8-6-12(10-18)7-9-13)19-17-20(11)14-4-2-3-5-15(14)21-17/h2-9H,10,18H2,1H3. The minimum atomic E-state index is 0.572. The SMILES string of the molecule is Cc1c(-c2ccc(CN)cc2)nc2sc3ccccc3n12. The number of hydrogen-bond acceptors (Lipinski definition) is 3. The fourth-order valence-electron chi connectivity index (χ4n) is 2.73. The van der Waals surface area contributed by atoms with E-state index in [2.05, 4.69) is 59.9 Å². The van der Waals surface area contributed by atoms with Crippen molar-refractivity contribution in [2.24, 2.45) is 5.73 Å². The number of thiazole rings is 1. The molecule has 104 valence electrons. The number of benzene rings is 2. The fraction of sp³-hybridized carbons (Fsp3) is 0.118. The predicted molar refractivity (Wildman–Crippen MR) is 88.6 cm³/mol. The lowest BCUT2D eigenvalue weighted by atomic mass is 10.1. The van der Waals surface area contributed by atoms with Gasteiger partial charge in [-0.15, -0.1) is 0 Å². The third kappa shape index (κ3) is 1.87. The Morgan fingerprint density at radius 3 is 2.62 bits per heavy atom. The highest BCUT2D eigenvalue weighted by Gasteiger charge is 2.14. The molecule has 3 nitrogen and oxygen atoms in total. The minimum absolute atomic E-state index is 0.572. The van der Waals surface area contributed by atoms with Gasteiger partial charge in [0.2, 0.25) is 0 Å². The first-order valence-corrected chi connectivity index (χ1v) is 7.75. The molecule has 0 spiro atoms. The summed E-state index contributed by atoms with van der Waals surface area (Å²) in [5.41, 5.74) is 11.4. The average Bonchev–Trinajstić information content (AvgIpc) is 3.04. The summed E-state index contributed by atoms with van der Waals surface area (Å²) in [4.78, 5) is 5.87. The molecule has 4 heteroatoms. The molecule has 2 aromatic heterocycles. The summed E-state index contributed by atoms with van der Waals surface area (Å²) in [6.07, 6.45) is 0. The van der Waals surface area contributed by atoms with Gasteiger partial charge in [0, 0.05) is 17.8 Å². The lowest BCUT2D eigenvalue weighted by molar-refractivity contribution is 1.07. The number of nitrogens with zero attached hydrogens (tertiary/aromatic N) is 2. The second kappa shape index (κ2) is 4.69. The molecular weight excluding hydrogens is 278 g/mol. The lowest BCUT2D eigenvalue weighted by Gasteiger charge is -2.02. The Kier molecular flexibility index (Phi) is 2.80. The quantitative estimate of drug-likeness (QED) is 0.607. The topological polar surface area (TPSA) is 43.3 Å². The monoisotopic (exact) mass is 293 g/mol. The summed E-state index contributed by atoms with van der Waals surface area (Å²) >= 11 is 1.73. The van der Waals surface area contributed by atoms with Gasteiger partial charge in [-0.1, -0.05) is 47.7 Å². The molecule has 0 aliphatic carbocycles. The highest BCUT2D eigenvalue weighted by molar-refractivity contribution is 7.23. The number of fused-ring (bicyclic) bond motifs is 3. The zero-order valence-corrected chi connectivity index (χ0v) is 12.5. The van der Waals surface area contributed by atoms with Crippen LogP contribution in [0.2, 0.25) is 0 Å². The molecule has 0 bridgehead atoms. The van der Waals surface area contributed by atoms with Gasteiger partial charge in [-0.05, 0) is 24.6 Å². The van der Waals surface area contributed by atoms with Crippen LogP contribution >= 0.6 is 11.3 Å². The molecule has 0 saturated carbocycles. The molecule has 0 amide bonds. The summed E-state index contributed by atoms with van der Waals surface area (Å²) in [6, 6.07) is 16.8. The number of aromatic nitrogens is 2. The van der Waals surface area contributed by atoms with E-state index < -0.39 is 0 Å². The molecule has 21 heavy (non-hydrogen) atoms. The molecule has 2 aromatic carbocycles. The van der Waals surface area contributed by atoms with Crippen LogP contribution in [0.15, 0.2) is 48.5 Å². The van der Waals surface area contributed by atoms with Crippen molar-refractivity contribution in [2.45, 2.75) is 13.5 Å². The van der Waals surface area contributed by atoms with E-state index in [-0.39, 0.29) is 0 Å². The van der Waals surface area contributed by atoms with Crippen molar-refractivity contribution < 1.29 is 0 Å². The van der Waals surface area contributed by atoms with Crippen molar-refractivity contribution in [3.05, 3.63) is 59.8 Å². The zero-order valence-electron chi connectivity index (χ0n) is 11.7. The van der Waals surface area contributed by atoms with Crippen LogP contribution < -0.4 is 5.73 Å². The van der Waals surface area contributed by atoms with Gasteiger partial charge in [-0.25, -0.2) is 4.98 Å². The van der Waals surface area contributed by atoms with E-state index in [1.165, 1.54) is 15.9 Å². The molecule has 4 aromatic rings. The molecule has 2 N–H and O–H groups in total. The average molecular weight is 293 g/mol. The summed E-state index contributed by atoms with van der Waals surface area (Å²) in [5.74, 6) is 0. The van der Waals surface area contributed by atoms with Gasteiger partial charge in [0.05, 0.1) is 15.9 Å². The molecule has 0 unspecified atom stereocenters. The number of para-hydroxylation sites is 1. The molecule has 2 heterocycles. The fourth-order valence-corrected chi connectivity index (χ4v) is 3.80. The molecule has 0 aliphatic rings. The molecule has 4 rings (SSSR count). The van der Waals surface area contributed by atoms with Gasteiger partial charge in [0.25, 0.3) is 0 Å². The molecule has 0 atom stereocenters. The highest BCUT2D eigenvalue weighted by atomic mass is 32.1. The van der Waals surface area contributed by atoms with Crippen LogP contribution in [-0.4, -0.2) is 9.38 Å². The van der Waals surface area contributed by atoms with E-state index in [0.29, 0.717) is 6.54 Å². The smallest absolute Gasteiger partial charge is 0.195 e. The first-order valence-electron chi connectivity index (χ1n) is 6.94. The first-order chi connectivity index (χ1) is 10.3. The van der Waals surface area contributed by atoms with Crippen molar-refractivity contribution in [2.75, 3.05) is 0 Å². The molecule has 0 saturated heterocycles. The van der Waals surface area contributed by atoms with Gasteiger partial charge in [0.15, 0.2) is 4.96 Å². The van der Waals surface area contributed by atoms with Crippen LogP contribution in [0.1, 0.15) is 11.3 Å². The Bertz CT molecular complexity index is 932. The maximum Gasteiger partial charge on any atom is 0.195 e. The van der Waals surface area contributed by atoms with E-state index in [4.69, 9.17) is 10.7 Å². The zero-order chi connectivity index (χ0) is 14.4. The van der Waals surface area contributed by atoms with Crippen molar-refractivity contribution >= 4 is 26.5 Å². The maximum atomic E-state index is 5.66. The van der Waals surface area contributed by atoms with Crippen molar-refractivity contribution in [3.8, 4) is 11.3 Å².